The molecule has 0 aliphatic heterocycles. The van der Waals surface area contributed by atoms with Crippen LogP contribution in [0, 0.1) is 0 Å². The summed E-state index contributed by atoms with van der Waals surface area (Å²) in [6, 6.07) is -5.96. The third kappa shape index (κ3) is 13.5. The second-order valence-corrected chi connectivity index (χ2v) is 7.69. The van der Waals surface area contributed by atoms with Gasteiger partial charge in [-0.15, -0.1) is 0 Å². The Balaban J connectivity index is 5.54. The zero-order valence-electron chi connectivity index (χ0n) is 19.0. The molecule has 0 aliphatic rings. The molecule has 198 valence electrons. The van der Waals surface area contributed by atoms with Crippen LogP contribution in [0.2, 0.25) is 0 Å². The molecule has 0 spiro atoms. The number of hydrogen-bond acceptors (Lipinski definition) is 9. The zero-order valence-corrected chi connectivity index (χ0v) is 19.0. The van der Waals surface area contributed by atoms with E-state index in [1.54, 1.807) is 0 Å². The van der Waals surface area contributed by atoms with E-state index in [4.69, 9.17) is 33.1 Å². The van der Waals surface area contributed by atoms with E-state index in [-0.39, 0.29) is 12.8 Å². The molecule has 0 aromatic carbocycles. The van der Waals surface area contributed by atoms with E-state index >= 15 is 0 Å². The number of amides is 5. The van der Waals surface area contributed by atoms with Gasteiger partial charge in [-0.05, 0) is 25.8 Å². The van der Waals surface area contributed by atoms with E-state index < -0.39 is 84.9 Å². The molecule has 0 aromatic rings. The van der Waals surface area contributed by atoms with Crippen molar-refractivity contribution in [3.05, 3.63) is 0 Å². The van der Waals surface area contributed by atoms with Gasteiger partial charge in [0.25, 0.3) is 0 Å². The Kier molecular flexibility index (Phi) is 14.2. The Bertz CT molecular complexity index is 806. The van der Waals surface area contributed by atoms with Crippen molar-refractivity contribution < 1.29 is 43.8 Å². The summed E-state index contributed by atoms with van der Waals surface area (Å²) in [6.07, 6.45) is -1.02. The maximum Gasteiger partial charge on any atom is 0.326 e. The van der Waals surface area contributed by atoms with Gasteiger partial charge in [-0.2, -0.15) is 0 Å². The second-order valence-electron chi connectivity index (χ2n) is 7.69. The number of primary amides is 2. The Hall–Kier alpha value is -3.79. The SMILES string of the molecule is NCCCCC(N)C(=O)NC(CC(N)=O)C(=O)NC(CCC(N)=O)C(=O)NC(CC(=O)O)C(=O)O. The van der Waals surface area contributed by atoms with Crippen LogP contribution >= 0.6 is 0 Å². The van der Waals surface area contributed by atoms with Crippen molar-refractivity contribution in [2.75, 3.05) is 6.54 Å². The maximum atomic E-state index is 12.8. The first-order valence-corrected chi connectivity index (χ1v) is 10.7. The van der Waals surface area contributed by atoms with Crippen LogP contribution in [-0.4, -0.2) is 82.4 Å². The summed E-state index contributed by atoms with van der Waals surface area (Å²) in [6.45, 7) is 0.394. The van der Waals surface area contributed by atoms with Crippen LogP contribution in [0.3, 0.4) is 0 Å². The van der Waals surface area contributed by atoms with Crippen LogP contribution in [-0.2, 0) is 33.6 Å². The van der Waals surface area contributed by atoms with Crippen LogP contribution in [0.25, 0.3) is 0 Å². The highest BCUT2D eigenvalue weighted by Crippen LogP contribution is 2.04. The molecule has 13 N–H and O–H groups in total. The third-order valence-corrected chi connectivity index (χ3v) is 4.65. The van der Waals surface area contributed by atoms with Crippen molar-refractivity contribution in [1.29, 1.82) is 0 Å². The standard InChI is InChI=1S/C19H33N7O9/c20-6-2-1-3-9(21)16(31)25-11(7-14(23)28)18(33)24-10(4-5-13(22)27)17(32)26-12(19(34)35)8-15(29)30/h9-12H,1-8,20-21H2,(H2,22,27)(H2,23,28)(H,24,33)(H,25,31)(H,26,32)(H,29,30)(H,34,35). The molecule has 16 heteroatoms. The number of hydrogen-bond donors (Lipinski definition) is 9. The van der Waals surface area contributed by atoms with Crippen molar-refractivity contribution in [2.24, 2.45) is 22.9 Å². The fourth-order valence-electron chi connectivity index (χ4n) is 2.80. The van der Waals surface area contributed by atoms with E-state index in [0.717, 1.165) is 0 Å². The molecule has 35 heavy (non-hydrogen) atoms. The van der Waals surface area contributed by atoms with Gasteiger partial charge in [0.05, 0.1) is 18.9 Å². The van der Waals surface area contributed by atoms with Gasteiger partial charge in [0, 0.05) is 6.42 Å². The highest BCUT2D eigenvalue weighted by Gasteiger charge is 2.31. The Labute approximate surface area is 200 Å². The first-order chi connectivity index (χ1) is 16.3. The molecule has 0 rings (SSSR count). The topological polar surface area (TPSA) is 300 Å². The Morgan fingerprint density at radius 1 is 0.686 bits per heavy atom. The van der Waals surface area contributed by atoms with E-state index in [2.05, 4.69) is 10.6 Å². The monoisotopic (exact) mass is 503 g/mol. The summed E-state index contributed by atoms with van der Waals surface area (Å²) in [5, 5.41) is 24.3. The minimum atomic E-state index is -1.83. The molecule has 0 radical (unpaired) electrons. The van der Waals surface area contributed by atoms with Gasteiger partial charge < -0.3 is 49.1 Å². The number of aliphatic carboxylic acids is 2. The van der Waals surface area contributed by atoms with E-state index in [9.17, 15) is 33.6 Å². The summed E-state index contributed by atoms with van der Waals surface area (Å²) in [4.78, 5) is 82.3. The molecule has 0 saturated heterocycles. The first kappa shape index (κ1) is 31.2. The van der Waals surface area contributed by atoms with Crippen LogP contribution in [0.5, 0.6) is 0 Å². The van der Waals surface area contributed by atoms with Crippen LogP contribution in [0.1, 0.15) is 44.9 Å². The van der Waals surface area contributed by atoms with Crippen LogP contribution in [0.15, 0.2) is 0 Å². The van der Waals surface area contributed by atoms with Gasteiger partial charge in [0.1, 0.15) is 18.1 Å². The number of carboxylic acids is 2. The van der Waals surface area contributed by atoms with Gasteiger partial charge in [-0.25, -0.2) is 4.79 Å². The summed E-state index contributed by atoms with van der Waals surface area (Å²) in [5.41, 5.74) is 21.4. The highest BCUT2D eigenvalue weighted by molar-refractivity contribution is 5.96. The Morgan fingerprint density at radius 3 is 1.71 bits per heavy atom. The third-order valence-electron chi connectivity index (χ3n) is 4.65. The van der Waals surface area contributed by atoms with Crippen molar-refractivity contribution in [2.45, 2.75) is 69.1 Å². The fourth-order valence-corrected chi connectivity index (χ4v) is 2.80. The molecular weight excluding hydrogens is 470 g/mol. The van der Waals surface area contributed by atoms with E-state index in [1.807, 2.05) is 5.32 Å². The molecule has 4 atom stereocenters. The molecule has 4 unspecified atom stereocenters. The lowest BCUT2D eigenvalue weighted by Crippen LogP contribution is -2.58. The van der Waals surface area contributed by atoms with Crippen molar-refractivity contribution in [3.8, 4) is 0 Å². The number of nitrogens with one attached hydrogen (secondary N) is 3. The number of unbranched alkanes of at least 4 members (excludes halogenated alkanes) is 1. The van der Waals surface area contributed by atoms with Gasteiger partial charge in [0.15, 0.2) is 0 Å². The molecule has 0 saturated carbocycles. The molecule has 0 fully saturated rings. The van der Waals surface area contributed by atoms with Crippen molar-refractivity contribution in [3.63, 3.8) is 0 Å². The van der Waals surface area contributed by atoms with Gasteiger partial charge in [-0.3, -0.25) is 28.8 Å². The summed E-state index contributed by atoms with van der Waals surface area (Å²) in [5.74, 6) is -7.92. The maximum absolute atomic E-state index is 12.8. The smallest absolute Gasteiger partial charge is 0.326 e. The minimum Gasteiger partial charge on any atom is -0.481 e. The molecule has 0 heterocycles. The predicted molar refractivity (Wildman–Crippen MR) is 119 cm³/mol. The minimum absolute atomic E-state index is 0.248. The molecule has 16 nitrogen and oxygen atoms in total. The van der Waals surface area contributed by atoms with E-state index in [0.29, 0.717) is 19.4 Å². The summed E-state index contributed by atoms with van der Waals surface area (Å²) in [7, 11) is 0. The number of carbonyl (C=O) groups is 7. The molecule has 0 aliphatic carbocycles. The quantitative estimate of drug-likeness (QED) is 0.0804. The lowest BCUT2D eigenvalue weighted by atomic mass is 10.1. The van der Waals surface area contributed by atoms with Crippen LogP contribution in [0.4, 0.5) is 0 Å². The van der Waals surface area contributed by atoms with Crippen molar-refractivity contribution >= 4 is 41.5 Å². The van der Waals surface area contributed by atoms with Gasteiger partial charge >= 0.3 is 11.9 Å². The fraction of sp³-hybridized carbons (Fsp3) is 0.632. The van der Waals surface area contributed by atoms with Crippen LogP contribution < -0.4 is 38.9 Å². The van der Waals surface area contributed by atoms with Gasteiger partial charge in [0.2, 0.25) is 29.5 Å². The first-order valence-electron chi connectivity index (χ1n) is 10.7. The molecular formula is C19H33N7O9. The van der Waals surface area contributed by atoms with E-state index in [1.165, 1.54) is 0 Å². The highest BCUT2D eigenvalue weighted by atomic mass is 16.4. The summed E-state index contributed by atoms with van der Waals surface area (Å²) < 4.78 is 0. The molecule has 0 bridgehead atoms. The largest absolute Gasteiger partial charge is 0.481 e. The van der Waals surface area contributed by atoms with Gasteiger partial charge in [-0.1, -0.05) is 6.42 Å². The normalized spacial score (nSPS) is 14.0. The average molecular weight is 504 g/mol. The summed E-state index contributed by atoms with van der Waals surface area (Å²) >= 11 is 0. The second kappa shape index (κ2) is 15.9. The van der Waals surface area contributed by atoms with Crippen molar-refractivity contribution in [1.82, 2.24) is 16.0 Å². The number of carboxylic acid groups (broad SMARTS) is 2. The average Bonchev–Trinajstić information content (AvgIpc) is 2.74. The molecule has 0 aromatic heterocycles. The zero-order chi connectivity index (χ0) is 27.1. The number of nitrogens with two attached hydrogens (primary N) is 4. The molecule has 5 amide bonds. The predicted octanol–water partition coefficient (Wildman–Crippen LogP) is -4.40. The number of rotatable bonds is 18. The lowest BCUT2D eigenvalue weighted by Gasteiger charge is -2.24. The lowest BCUT2D eigenvalue weighted by molar-refractivity contribution is -0.147. The Morgan fingerprint density at radius 2 is 1.23 bits per heavy atom. The number of carbonyl (C=O) groups excluding carboxylic acids is 5.